The minimum Gasteiger partial charge on any atom is -0.365 e. The van der Waals surface area contributed by atoms with Crippen LogP contribution in [-0.2, 0) is 9.63 Å². The quantitative estimate of drug-likeness (QED) is 0.715. The average Bonchev–Trinajstić information content (AvgIpc) is 2.25. The molecule has 0 saturated carbocycles. The Morgan fingerprint density at radius 3 is 2.50 bits per heavy atom. The molecule has 0 aliphatic carbocycles. The third-order valence-electron chi connectivity index (χ3n) is 2.58. The van der Waals surface area contributed by atoms with Crippen LogP contribution in [0.1, 0.15) is 25.5 Å². The van der Waals surface area contributed by atoms with Gasteiger partial charge in [-0.3, -0.25) is 0 Å². The summed E-state index contributed by atoms with van der Waals surface area (Å²) in [6.07, 6.45) is 0. The Labute approximate surface area is 83.2 Å². The van der Waals surface area contributed by atoms with Crippen LogP contribution in [0.2, 0.25) is 0 Å². The zero-order chi connectivity index (χ0) is 10.1. The van der Waals surface area contributed by atoms with E-state index in [9.17, 15) is 4.79 Å². The molecule has 3 nitrogen and oxygen atoms in total. The Bertz CT molecular complexity index is 336. The lowest BCUT2D eigenvalue weighted by atomic mass is 10.1. The van der Waals surface area contributed by atoms with Crippen molar-refractivity contribution in [2.24, 2.45) is 0 Å². The summed E-state index contributed by atoms with van der Waals surface area (Å²) in [7, 11) is 0. The molecule has 14 heavy (non-hydrogen) atoms. The van der Waals surface area contributed by atoms with E-state index in [-0.39, 0.29) is 18.1 Å². The van der Waals surface area contributed by atoms with E-state index in [1.807, 2.05) is 44.2 Å². The lowest BCUT2D eigenvalue weighted by molar-refractivity contribution is -0.270. The molecule has 0 spiro atoms. The van der Waals surface area contributed by atoms with Gasteiger partial charge < -0.3 is 4.84 Å². The number of benzene rings is 1. The first kappa shape index (κ1) is 9.21. The maximum absolute atomic E-state index is 10.9. The van der Waals surface area contributed by atoms with E-state index >= 15 is 0 Å². The van der Waals surface area contributed by atoms with E-state index < -0.39 is 0 Å². The van der Waals surface area contributed by atoms with Crippen molar-refractivity contribution in [2.45, 2.75) is 25.9 Å². The second-order valence-electron chi connectivity index (χ2n) is 3.53. The summed E-state index contributed by atoms with van der Waals surface area (Å²) in [5.74, 6) is -0.146. The van der Waals surface area contributed by atoms with E-state index in [0.29, 0.717) is 0 Å². The zero-order valence-corrected chi connectivity index (χ0v) is 8.31. The summed E-state index contributed by atoms with van der Waals surface area (Å²) in [5, 5.41) is 1.72. The van der Waals surface area contributed by atoms with Gasteiger partial charge in [-0.05, 0) is 19.4 Å². The van der Waals surface area contributed by atoms with Gasteiger partial charge in [0.2, 0.25) is 0 Å². The van der Waals surface area contributed by atoms with Crippen LogP contribution in [0.5, 0.6) is 0 Å². The van der Waals surface area contributed by atoms with Gasteiger partial charge in [0.15, 0.2) is 0 Å². The van der Waals surface area contributed by atoms with Crippen molar-refractivity contribution < 1.29 is 9.63 Å². The molecule has 1 aliphatic heterocycles. The van der Waals surface area contributed by atoms with Crippen LogP contribution in [0.4, 0.5) is 0 Å². The van der Waals surface area contributed by atoms with Crippen LogP contribution < -0.4 is 0 Å². The molecule has 3 heteroatoms. The summed E-state index contributed by atoms with van der Waals surface area (Å²) in [6.45, 7) is 3.88. The maximum Gasteiger partial charge on any atom is 0.345 e. The first-order valence-electron chi connectivity index (χ1n) is 4.75. The first-order valence-corrected chi connectivity index (χ1v) is 4.75. The van der Waals surface area contributed by atoms with Gasteiger partial charge in [0.05, 0.1) is 6.04 Å². The van der Waals surface area contributed by atoms with Gasteiger partial charge in [-0.15, -0.1) is 5.06 Å². The van der Waals surface area contributed by atoms with Gasteiger partial charge in [0.1, 0.15) is 6.04 Å². The van der Waals surface area contributed by atoms with Crippen molar-refractivity contribution in [3.63, 3.8) is 0 Å². The Balaban J connectivity index is 2.10. The standard InChI is InChI=1S/C11H13NO2/c1-8(10-6-4-3-5-7-10)12-9(2)11(13)14-12/h3-9H,1-2H3/t8-,9?/m1/s1. The molecule has 1 saturated heterocycles. The molecule has 0 bridgehead atoms. The van der Waals surface area contributed by atoms with E-state index in [2.05, 4.69) is 0 Å². The second-order valence-corrected chi connectivity index (χ2v) is 3.53. The fourth-order valence-electron chi connectivity index (χ4n) is 1.61. The molecule has 1 heterocycles. The van der Waals surface area contributed by atoms with Crippen molar-refractivity contribution in [3.05, 3.63) is 35.9 Å². The minimum absolute atomic E-state index is 0.120. The molecule has 0 radical (unpaired) electrons. The predicted molar refractivity (Wildman–Crippen MR) is 52.3 cm³/mol. The number of carbonyl (C=O) groups is 1. The number of hydrogen-bond donors (Lipinski definition) is 0. The fourth-order valence-corrected chi connectivity index (χ4v) is 1.61. The molecule has 2 rings (SSSR count). The van der Waals surface area contributed by atoms with Gasteiger partial charge >= 0.3 is 5.97 Å². The van der Waals surface area contributed by atoms with E-state index in [4.69, 9.17) is 4.84 Å². The highest BCUT2D eigenvalue weighted by molar-refractivity contribution is 5.79. The molecule has 1 aliphatic rings. The van der Waals surface area contributed by atoms with E-state index in [1.165, 1.54) is 0 Å². The predicted octanol–water partition coefficient (Wildman–Crippen LogP) is 1.91. The lowest BCUT2D eigenvalue weighted by Gasteiger charge is -2.39. The molecule has 74 valence electrons. The SMILES string of the molecule is CC1C(=O)ON1[C@H](C)c1ccccc1. The Hall–Kier alpha value is -1.35. The van der Waals surface area contributed by atoms with Gasteiger partial charge in [0.25, 0.3) is 0 Å². The first-order chi connectivity index (χ1) is 6.70. The molecular weight excluding hydrogens is 178 g/mol. The Morgan fingerprint density at radius 2 is 2.00 bits per heavy atom. The van der Waals surface area contributed by atoms with Crippen LogP contribution in [0.15, 0.2) is 30.3 Å². The van der Waals surface area contributed by atoms with Crippen LogP contribution in [0.3, 0.4) is 0 Å². The minimum atomic E-state index is -0.146. The highest BCUT2D eigenvalue weighted by Gasteiger charge is 2.40. The third kappa shape index (κ3) is 1.40. The number of nitrogens with zero attached hydrogens (tertiary/aromatic N) is 1. The van der Waals surface area contributed by atoms with Gasteiger partial charge in [0, 0.05) is 0 Å². The highest BCUT2D eigenvalue weighted by atomic mass is 16.8. The molecule has 1 aromatic carbocycles. The average molecular weight is 191 g/mol. The maximum atomic E-state index is 10.9. The number of carbonyl (C=O) groups excluding carboxylic acids is 1. The van der Waals surface area contributed by atoms with Crippen molar-refractivity contribution in [1.82, 2.24) is 5.06 Å². The number of hydroxylamine groups is 2. The van der Waals surface area contributed by atoms with Gasteiger partial charge in [-0.2, -0.15) is 0 Å². The normalized spacial score (nSPS) is 23.9. The monoisotopic (exact) mass is 191 g/mol. The van der Waals surface area contributed by atoms with Crippen LogP contribution in [0.25, 0.3) is 0 Å². The topological polar surface area (TPSA) is 29.5 Å². The van der Waals surface area contributed by atoms with E-state index in [1.54, 1.807) is 5.06 Å². The lowest BCUT2D eigenvalue weighted by Crippen LogP contribution is -2.53. The molecule has 1 unspecified atom stereocenters. The molecule has 0 amide bonds. The number of rotatable bonds is 2. The Kier molecular flexibility index (Phi) is 2.25. The third-order valence-corrected chi connectivity index (χ3v) is 2.58. The van der Waals surface area contributed by atoms with Crippen LogP contribution in [0, 0.1) is 0 Å². The Morgan fingerprint density at radius 1 is 1.36 bits per heavy atom. The van der Waals surface area contributed by atoms with Crippen molar-refractivity contribution in [2.75, 3.05) is 0 Å². The van der Waals surface area contributed by atoms with Crippen molar-refractivity contribution >= 4 is 5.97 Å². The van der Waals surface area contributed by atoms with Gasteiger partial charge in [-0.1, -0.05) is 30.3 Å². The molecule has 0 aromatic heterocycles. The van der Waals surface area contributed by atoms with Crippen molar-refractivity contribution in [1.29, 1.82) is 0 Å². The second kappa shape index (κ2) is 3.42. The van der Waals surface area contributed by atoms with Crippen molar-refractivity contribution in [3.8, 4) is 0 Å². The summed E-state index contributed by atoms with van der Waals surface area (Å²) >= 11 is 0. The fraction of sp³-hybridized carbons (Fsp3) is 0.364. The largest absolute Gasteiger partial charge is 0.365 e. The highest BCUT2D eigenvalue weighted by Crippen LogP contribution is 2.28. The van der Waals surface area contributed by atoms with Crippen LogP contribution in [-0.4, -0.2) is 17.1 Å². The summed E-state index contributed by atoms with van der Waals surface area (Å²) in [6, 6.07) is 10.0. The summed E-state index contributed by atoms with van der Waals surface area (Å²) in [4.78, 5) is 15.9. The van der Waals surface area contributed by atoms with Crippen LogP contribution >= 0.6 is 0 Å². The van der Waals surface area contributed by atoms with Gasteiger partial charge in [-0.25, -0.2) is 4.79 Å². The molecule has 2 atom stereocenters. The molecule has 1 aromatic rings. The summed E-state index contributed by atoms with van der Waals surface area (Å²) < 4.78 is 0. The summed E-state index contributed by atoms with van der Waals surface area (Å²) in [5.41, 5.74) is 1.16. The smallest absolute Gasteiger partial charge is 0.345 e. The van der Waals surface area contributed by atoms with E-state index in [0.717, 1.165) is 5.56 Å². The molecular formula is C11H13NO2. The molecule has 0 N–H and O–H groups in total. The zero-order valence-electron chi connectivity index (χ0n) is 8.31. The molecule has 1 fully saturated rings. The number of hydrogen-bond acceptors (Lipinski definition) is 3.